The highest BCUT2D eigenvalue weighted by molar-refractivity contribution is 5.78. The van der Waals surface area contributed by atoms with Crippen LogP contribution in [-0.4, -0.2) is 30.4 Å². The average Bonchev–Trinajstić information content (AvgIpc) is 3.16. The van der Waals surface area contributed by atoms with Crippen LogP contribution in [0.1, 0.15) is 38.0 Å². The zero-order valence-corrected chi connectivity index (χ0v) is 12.5. The molecule has 1 aliphatic heterocycles. The molecule has 4 heteroatoms. The second-order valence-corrected chi connectivity index (χ2v) is 5.70. The van der Waals surface area contributed by atoms with E-state index in [-0.39, 0.29) is 11.9 Å². The molecule has 1 unspecified atom stereocenters. The summed E-state index contributed by atoms with van der Waals surface area (Å²) < 4.78 is 5.83. The second-order valence-electron chi connectivity index (χ2n) is 5.70. The quantitative estimate of drug-likeness (QED) is 0.918. The lowest BCUT2D eigenvalue weighted by Crippen LogP contribution is -2.31. The van der Waals surface area contributed by atoms with Crippen LogP contribution in [0.2, 0.25) is 0 Å². The summed E-state index contributed by atoms with van der Waals surface area (Å²) in [6.07, 6.45) is 2.85. The number of fused-ring (bicyclic) bond motifs is 1. The highest BCUT2D eigenvalue weighted by Crippen LogP contribution is 2.23. The van der Waals surface area contributed by atoms with E-state index in [1.165, 1.54) is 0 Å². The molecule has 1 saturated heterocycles. The van der Waals surface area contributed by atoms with Crippen molar-refractivity contribution in [1.82, 2.24) is 10.2 Å². The smallest absolute Gasteiger partial charge is 0.223 e. The summed E-state index contributed by atoms with van der Waals surface area (Å²) in [4.78, 5) is 13.9. The standard InChI is InChI=1S/C17H22N2O2/c1-13(16-12-14-6-2-3-7-15(14)21-16)18-9-8-17(20)19-10-4-5-11-19/h2-3,6-7,12-13,18H,4-5,8-11H2,1H3. The third-order valence-electron chi connectivity index (χ3n) is 4.12. The Morgan fingerprint density at radius 1 is 1.33 bits per heavy atom. The minimum atomic E-state index is 0.115. The Kier molecular flexibility index (Phi) is 4.25. The number of hydrogen-bond donors (Lipinski definition) is 1. The van der Waals surface area contributed by atoms with Gasteiger partial charge in [-0.15, -0.1) is 0 Å². The largest absolute Gasteiger partial charge is 0.459 e. The Morgan fingerprint density at radius 3 is 2.86 bits per heavy atom. The lowest BCUT2D eigenvalue weighted by molar-refractivity contribution is -0.130. The zero-order chi connectivity index (χ0) is 14.7. The van der Waals surface area contributed by atoms with E-state index in [9.17, 15) is 4.79 Å². The summed E-state index contributed by atoms with van der Waals surface area (Å²) in [5, 5.41) is 4.49. The number of nitrogens with one attached hydrogen (secondary N) is 1. The molecular weight excluding hydrogens is 264 g/mol. The molecule has 1 aromatic heterocycles. The fourth-order valence-corrected chi connectivity index (χ4v) is 2.84. The third-order valence-corrected chi connectivity index (χ3v) is 4.12. The van der Waals surface area contributed by atoms with Crippen LogP contribution in [0.15, 0.2) is 34.7 Å². The van der Waals surface area contributed by atoms with E-state index in [4.69, 9.17) is 4.42 Å². The van der Waals surface area contributed by atoms with E-state index in [1.807, 2.05) is 29.2 Å². The number of carbonyl (C=O) groups is 1. The van der Waals surface area contributed by atoms with Gasteiger partial charge in [0.2, 0.25) is 5.91 Å². The lowest BCUT2D eigenvalue weighted by Gasteiger charge is -2.16. The van der Waals surface area contributed by atoms with Gasteiger partial charge in [0.05, 0.1) is 6.04 Å². The first kappa shape index (κ1) is 14.1. The molecule has 1 amide bonds. The van der Waals surface area contributed by atoms with Crippen molar-refractivity contribution in [3.05, 3.63) is 36.1 Å². The molecule has 1 aromatic carbocycles. The van der Waals surface area contributed by atoms with Crippen LogP contribution in [0.4, 0.5) is 0 Å². The van der Waals surface area contributed by atoms with E-state index < -0.39 is 0 Å². The summed E-state index contributed by atoms with van der Waals surface area (Å²) in [7, 11) is 0. The number of likely N-dealkylation sites (tertiary alicyclic amines) is 1. The average molecular weight is 286 g/mol. The molecule has 1 N–H and O–H groups in total. The van der Waals surface area contributed by atoms with Crippen molar-refractivity contribution >= 4 is 16.9 Å². The number of hydrogen-bond acceptors (Lipinski definition) is 3. The first-order valence-corrected chi connectivity index (χ1v) is 7.73. The molecule has 21 heavy (non-hydrogen) atoms. The van der Waals surface area contributed by atoms with Gasteiger partial charge in [0.15, 0.2) is 0 Å². The van der Waals surface area contributed by atoms with Crippen LogP contribution in [0, 0.1) is 0 Å². The van der Waals surface area contributed by atoms with Gasteiger partial charge in [0.25, 0.3) is 0 Å². The second kappa shape index (κ2) is 6.31. The first-order chi connectivity index (χ1) is 10.2. The summed E-state index contributed by atoms with van der Waals surface area (Å²) >= 11 is 0. The fourth-order valence-electron chi connectivity index (χ4n) is 2.84. The molecule has 0 saturated carbocycles. The van der Waals surface area contributed by atoms with Crippen molar-refractivity contribution in [3.8, 4) is 0 Å². The number of para-hydroxylation sites is 1. The maximum absolute atomic E-state index is 12.0. The van der Waals surface area contributed by atoms with Gasteiger partial charge in [-0.25, -0.2) is 0 Å². The molecule has 0 spiro atoms. The van der Waals surface area contributed by atoms with Crippen molar-refractivity contribution < 1.29 is 9.21 Å². The van der Waals surface area contributed by atoms with Crippen molar-refractivity contribution in [2.45, 2.75) is 32.2 Å². The Bertz CT molecular complexity index is 581. The van der Waals surface area contributed by atoms with Crippen LogP contribution in [0.3, 0.4) is 0 Å². The minimum Gasteiger partial charge on any atom is -0.459 e. The number of amides is 1. The minimum absolute atomic E-state index is 0.115. The van der Waals surface area contributed by atoms with Gasteiger partial charge in [0.1, 0.15) is 11.3 Å². The van der Waals surface area contributed by atoms with Crippen LogP contribution < -0.4 is 5.32 Å². The van der Waals surface area contributed by atoms with E-state index in [0.717, 1.165) is 42.7 Å². The molecule has 3 rings (SSSR count). The van der Waals surface area contributed by atoms with E-state index in [0.29, 0.717) is 13.0 Å². The van der Waals surface area contributed by atoms with E-state index in [2.05, 4.69) is 18.3 Å². The Hall–Kier alpha value is -1.81. The molecule has 1 aliphatic rings. The number of carbonyl (C=O) groups excluding carboxylic acids is 1. The van der Waals surface area contributed by atoms with Gasteiger partial charge >= 0.3 is 0 Å². The highest BCUT2D eigenvalue weighted by atomic mass is 16.3. The van der Waals surface area contributed by atoms with Gasteiger partial charge in [0, 0.05) is 31.4 Å². The van der Waals surface area contributed by atoms with Gasteiger partial charge in [-0.3, -0.25) is 4.79 Å². The van der Waals surface area contributed by atoms with Crippen molar-refractivity contribution in [2.75, 3.05) is 19.6 Å². The molecule has 2 aromatic rings. The molecule has 2 heterocycles. The molecule has 112 valence electrons. The van der Waals surface area contributed by atoms with E-state index >= 15 is 0 Å². The van der Waals surface area contributed by atoms with Gasteiger partial charge < -0.3 is 14.6 Å². The summed E-state index contributed by atoms with van der Waals surface area (Å²) in [5.41, 5.74) is 0.911. The molecule has 0 radical (unpaired) electrons. The van der Waals surface area contributed by atoms with E-state index in [1.54, 1.807) is 0 Å². The number of benzene rings is 1. The topological polar surface area (TPSA) is 45.5 Å². The molecule has 4 nitrogen and oxygen atoms in total. The first-order valence-electron chi connectivity index (χ1n) is 7.73. The van der Waals surface area contributed by atoms with Crippen LogP contribution in [-0.2, 0) is 4.79 Å². The maximum Gasteiger partial charge on any atom is 0.223 e. The SMILES string of the molecule is CC(NCCC(=O)N1CCCC1)c1cc2ccccc2o1. The molecule has 0 aliphatic carbocycles. The number of rotatable bonds is 5. The summed E-state index contributed by atoms with van der Waals surface area (Å²) in [5.74, 6) is 1.18. The molecule has 1 fully saturated rings. The summed E-state index contributed by atoms with van der Waals surface area (Å²) in [6, 6.07) is 10.2. The van der Waals surface area contributed by atoms with Crippen molar-refractivity contribution in [1.29, 1.82) is 0 Å². The predicted octanol–water partition coefficient (Wildman–Crippen LogP) is 3.10. The molecule has 0 bridgehead atoms. The van der Waals surface area contributed by atoms with Gasteiger partial charge in [-0.1, -0.05) is 18.2 Å². The monoisotopic (exact) mass is 286 g/mol. The number of nitrogens with zero attached hydrogens (tertiary/aromatic N) is 1. The maximum atomic E-state index is 12.0. The van der Waals surface area contributed by atoms with Crippen molar-refractivity contribution in [2.24, 2.45) is 0 Å². The lowest BCUT2D eigenvalue weighted by atomic mass is 10.2. The fraction of sp³-hybridized carbons (Fsp3) is 0.471. The molecule has 1 atom stereocenters. The highest BCUT2D eigenvalue weighted by Gasteiger charge is 2.18. The van der Waals surface area contributed by atoms with Crippen molar-refractivity contribution in [3.63, 3.8) is 0 Å². The Morgan fingerprint density at radius 2 is 2.10 bits per heavy atom. The Balaban J connectivity index is 1.51. The predicted molar refractivity (Wildman–Crippen MR) is 83.1 cm³/mol. The number of furan rings is 1. The molecular formula is C17H22N2O2. The van der Waals surface area contributed by atoms with Gasteiger partial charge in [-0.2, -0.15) is 0 Å². The summed E-state index contributed by atoms with van der Waals surface area (Å²) in [6.45, 7) is 4.61. The Labute approximate surface area is 125 Å². The van der Waals surface area contributed by atoms with Crippen LogP contribution in [0.25, 0.3) is 11.0 Å². The third kappa shape index (κ3) is 3.27. The van der Waals surface area contributed by atoms with Crippen LogP contribution >= 0.6 is 0 Å². The van der Waals surface area contributed by atoms with Crippen LogP contribution in [0.5, 0.6) is 0 Å². The normalized spacial score (nSPS) is 16.5. The van der Waals surface area contributed by atoms with Gasteiger partial charge in [-0.05, 0) is 31.9 Å². The zero-order valence-electron chi connectivity index (χ0n) is 12.5.